The maximum atomic E-state index is 14.0. The van der Waals surface area contributed by atoms with Gasteiger partial charge in [0.1, 0.15) is 0 Å². The van der Waals surface area contributed by atoms with Crippen LogP contribution >= 0.6 is 10.3 Å². The van der Waals surface area contributed by atoms with Crippen LogP contribution in [-0.4, -0.2) is 50.1 Å². The van der Waals surface area contributed by atoms with Crippen molar-refractivity contribution < 1.29 is 60.3 Å². The SMILES string of the molecule is CC(C)c1ccc(CS(C)(C)OS(=O)(=O)C(F)(F)C(F)(F)C(F)(F)C(F)(F)C(F)(F)F)cc1. The molecule has 194 valence electrons. The third kappa shape index (κ3) is 5.36. The third-order valence-electron chi connectivity index (χ3n) is 4.26. The molecular formula is C17H19F11O3S2. The molecule has 1 rings (SSSR count). The summed E-state index contributed by atoms with van der Waals surface area (Å²) in [6.45, 7) is 3.67. The van der Waals surface area contributed by atoms with E-state index in [1.165, 1.54) is 12.1 Å². The molecule has 0 aliphatic carbocycles. The van der Waals surface area contributed by atoms with Gasteiger partial charge in [-0.25, -0.2) is 3.63 Å². The number of rotatable bonds is 9. The largest absolute Gasteiger partial charge is 0.460 e. The summed E-state index contributed by atoms with van der Waals surface area (Å²) >= 11 is 0. The smallest absolute Gasteiger partial charge is 0.215 e. The lowest BCUT2D eigenvalue weighted by Gasteiger charge is -2.38. The molecule has 33 heavy (non-hydrogen) atoms. The number of alkyl halides is 11. The van der Waals surface area contributed by atoms with E-state index < -0.39 is 55.4 Å². The van der Waals surface area contributed by atoms with Gasteiger partial charge in [0.15, 0.2) is 0 Å². The van der Waals surface area contributed by atoms with E-state index in [-0.39, 0.29) is 11.5 Å². The maximum absolute atomic E-state index is 14.0. The molecule has 16 heteroatoms. The molecular weight excluding hydrogens is 525 g/mol. The molecule has 0 aliphatic heterocycles. The van der Waals surface area contributed by atoms with E-state index in [1.807, 2.05) is 13.8 Å². The van der Waals surface area contributed by atoms with Crippen LogP contribution in [0.3, 0.4) is 0 Å². The first-order valence-corrected chi connectivity index (χ1v) is 12.6. The zero-order chi connectivity index (χ0) is 26.5. The van der Waals surface area contributed by atoms with Crippen molar-refractivity contribution in [1.82, 2.24) is 0 Å². The highest BCUT2D eigenvalue weighted by Crippen LogP contribution is 2.60. The van der Waals surface area contributed by atoms with Gasteiger partial charge < -0.3 is 0 Å². The van der Waals surface area contributed by atoms with E-state index >= 15 is 0 Å². The van der Waals surface area contributed by atoms with Crippen molar-refractivity contribution in [2.24, 2.45) is 0 Å². The van der Waals surface area contributed by atoms with Gasteiger partial charge in [0, 0.05) is 5.75 Å². The molecule has 1 aromatic carbocycles. The summed E-state index contributed by atoms with van der Waals surface area (Å²) in [6.07, 6.45) is -5.68. The van der Waals surface area contributed by atoms with Crippen molar-refractivity contribution in [3.05, 3.63) is 35.4 Å². The van der Waals surface area contributed by atoms with Crippen LogP contribution in [0.2, 0.25) is 0 Å². The topological polar surface area (TPSA) is 43.4 Å². The predicted molar refractivity (Wildman–Crippen MR) is 99.5 cm³/mol. The molecule has 3 nitrogen and oxygen atoms in total. The number of halogens is 11. The van der Waals surface area contributed by atoms with Crippen molar-refractivity contribution in [3.63, 3.8) is 0 Å². The van der Waals surface area contributed by atoms with Crippen LogP contribution in [0.5, 0.6) is 0 Å². The maximum Gasteiger partial charge on any atom is 0.460 e. The zero-order valence-electron chi connectivity index (χ0n) is 17.3. The van der Waals surface area contributed by atoms with Crippen LogP contribution in [0.1, 0.15) is 30.9 Å². The van der Waals surface area contributed by atoms with E-state index in [2.05, 4.69) is 3.63 Å². The van der Waals surface area contributed by atoms with Crippen LogP contribution in [0.15, 0.2) is 24.3 Å². The van der Waals surface area contributed by atoms with Crippen molar-refractivity contribution in [2.75, 3.05) is 12.5 Å². The van der Waals surface area contributed by atoms with Crippen molar-refractivity contribution in [1.29, 1.82) is 0 Å². The predicted octanol–water partition coefficient (Wildman–Crippen LogP) is 6.70. The molecule has 0 unspecified atom stereocenters. The minimum atomic E-state index is -7.84. The lowest BCUT2D eigenvalue weighted by atomic mass is 10.0. The Morgan fingerprint density at radius 2 is 1.18 bits per heavy atom. The molecule has 0 fully saturated rings. The fourth-order valence-electron chi connectivity index (χ4n) is 2.42. The van der Waals surface area contributed by atoms with Crippen molar-refractivity contribution in [3.8, 4) is 0 Å². The van der Waals surface area contributed by atoms with Crippen LogP contribution in [0.4, 0.5) is 48.3 Å². The van der Waals surface area contributed by atoms with Gasteiger partial charge in [0.2, 0.25) is 0 Å². The number of hydrogen-bond donors (Lipinski definition) is 0. The Balaban J connectivity index is 3.30. The number of benzene rings is 1. The molecule has 0 aliphatic rings. The van der Waals surface area contributed by atoms with Gasteiger partial charge in [0.25, 0.3) is 0 Å². The van der Waals surface area contributed by atoms with Gasteiger partial charge in [-0.2, -0.15) is 56.7 Å². The highest BCUT2D eigenvalue weighted by molar-refractivity contribution is 8.31. The average Bonchev–Trinajstić information content (AvgIpc) is 2.59. The normalized spacial score (nSPS) is 15.8. The molecule has 0 saturated carbocycles. The summed E-state index contributed by atoms with van der Waals surface area (Å²) in [6, 6.07) is 5.99. The minimum absolute atomic E-state index is 0.0773. The molecule has 0 bridgehead atoms. The first-order chi connectivity index (χ1) is 14.3. The van der Waals surface area contributed by atoms with Crippen molar-refractivity contribution in [2.45, 2.75) is 54.7 Å². The minimum Gasteiger partial charge on any atom is -0.215 e. The molecule has 0 spiro atoms. The van der Waals surface area contributed by atoms with Gasteiger partial charge in [0.05, 0.1) is 0 Å². The van der Waals surface area contributed by atoms with E-state index in [0.717, 1.165) is 18.1 Å². The summed E-state index contributed by atoms with van der Waals surface area (Å²) in [5.41, 5.74) is 1.08. The lowest BCUT2D eigenvalue weighted by molar-refractivity contribution is -0.413. The van der Waals surface area contributed by atoms with Crippen LogP contribution in [0, 0.1) is 0 Å². The highest BCUT2D eigenvalue weighted by Gasteiger charge is 2.90. The molecule has 0 aromatic heterocycles. The Bertz CT molecular complexity index is 938. The second-order valence-corrected chi connectivity index (χ2v) is 12.9. The van der Waals surface area contributed by atoms with Gasteiger partial charge in [-0.1, -0.05) is 38.1 Å². The summed E-state index contributed by atoms with van der Waals surface area (Å²) < 4.78 is 172. The molecule has 0 atom stereocenters. The van der Waals surface area contributed by atoms with E-state index in [1.54, 1.807) is 12.1 Å². The molecule has 1 aromatic rings. The highest BCUT2D eigenvalue weighted by atomic mass is 32.3. The van der Waals surface area contributed by atoms with Crippen molar-refractivity contribution >= 4 is 20.4 Å². The lowest BCUT2D eigenvalue weighted by Crippen LogP contribution is -2.68. The summed E-state index contributed by atoms with van der Waals surface area (Å²) in [5.74, 6) is -23.6. The summed E-state index contributed by atoms with van der Waals surface area (Å²) in [4.78, 5) is 0. The quantitative estimate of drug-likeness (QED) is 0.325. The first-order valence-electron chi connectivity index (χ1n) is 8.67. The molecule has 0 amide bonds. The first kappa shape index (κ1) is 29.7. The van der Waals surface area contributed by atoms with Gasteiger partial charge in [-0.3, -0.25) is 0 Å². The Kier molecular flexibility index (Phi) is 7.87. The fourth-order valence-corrected chi connectivity index (χ4v) is 6.34. The second kappa shape index (κ2) is 8.73. The molecule has 0 N–H and O–H groups in total. The summed E-state index contributed by atoms with van der Waals surface area (Å²) in [5, 5.41) is -7.15. The Labute approximate surface area is 183 Å². The van der Waals surface area contributed by atoms with E-state index in [0.29, 0.717) is 0 Å². The molecule has 0 heterocycles. The van der Waals surface area contributed by atoms with Gasteiger partial charge in [-0.15, -0.1) is 10.3 Å². The molecule has 0 radical (unpaired) electrons. The molecule has 0 saturated heterocycles. The van der Waals surface area contributed by atoms with Gasteiger partial charge >= 0.3 is 39.3 Å². The van der Waals surface area contributed by atoms with E-state index in [4.69, 9.17) is 0 Å². The Morgan fingerprint density at radius 3 is 1.55 bits per heavy atom. The summed E-state index contributed by atoms with van der Waals surface area (Å²) in [7, 11) is -10.5. The zero-order valence-corrected chi connectivity index (χ0v) is 18.9. The standard InChI is InChI=1S/C17H19F11O3S2/c1-10(2)12-7-5-11(6-8-12)9-32(3,4)31-33(29,30)17(27,28)15(22,23)13(18,19)14(20,21)16(24,25)26/h5-8,10H,9H2,1-4H3. The third-order valence-corrected chi connectivity index (χ3v) is 8.36. The van der Waals surface area contributed by atoms with Crippen LogP contribution < -0.4 is 0 Å². The average molecular weight is 544 g/mol. The monoisotopic (exact) mass is 544 g/mol. The number of hydrogen-bond acceptors (Lipinski definition) is 3. The van der Waals surface area contributed by atoms with Gasteiger partial charge in [-0.05, 0) is 29.6 Å². The fraction of sp³-hybridized carbons (Fsp3) is 0.647. The van der Waals surface area contributed by atoms with E-state index in [9.17, 15) is 56.7 Å². The van der Waals surface area contributed by atoms with Crippen LogP contribution in [-0.2, 0) is 19.5 Å². The second-order valence-electron chi connectivity index (χ2n) is 7.74. The van der Waals surface area contributed by atoms with Crippen LogP contribution in [0.25, 0.3) is 0 Å². The Hall–Kier alpha value is -1.29. The Morgan fingerprint density at radius 1 is 0.758 bits per heavy atom.